The Morgan fingerprint density at radius 1 is 0.685 bits per heavy atom. The van der Waals surface area contributed by atoms with Crippen LogP contribution in [0.2, 0.25) is 0 Å². The van der Waals surface area contributed by atoms with Gasteiger partial charge in [0.25, 0.3) is 0 Å². The molecule has 6 aromatic rings. The average Bonchev–Trinajstić information content (AvgIpc) is 3.55. The van der Waals surface area contributed by atoms with E-state index in [-0.39, 0.29) is 17.2 Å². The van der Waals surface area contributed by atoms with Crippen LogP contribution >= 0.6 is 0 Å². The molecule has 0 spiro atoms. The summed E-state index contributed by atoms with van der Waals surface area (Å²) in [4.78, 5) is 18.8. The normalized spacial score (nSPS) is 15.7. The van der Waals surface area contributed by atoms with Gasteiger partial charge in [0, 0.05) is 73.3 Å². The maximum Gasteiger partial charge on any atom is 0.361 e. The molecule has 13 heteroatoms. The number of nitrogens with zero attached hydrogens (tertiary/aromatic N) is 3. The first-order chi connectivity index (χ1) is 26.4. The first kappa shape index (κ1) is 35.8. The van der Waals surface area contributed by atoms with Crippen LogP contribution in [0.15, 0.2) is 63.9 Å². The maximum atomic E-state index is 14.1. The minimum atomic E-state index is -0.543. The van der Waals surface area contributed by atoms with Gasteiger partial charge in [-0.2, -0.15) is 0 Å². The number of rotatable bonds is 13. The number of hydrogen-bond acceptors (Lipinski definition) is 12. The monoisotopic (exact) mass is 739 g/mol. The van der Waals surface area contributed by atoms with Gasteiger partial charge in [0.05, 0.1) is 59.4 Å². The molecular weight excluding hydrogens is 694 g/mol. The zero-order chi connectivity index (χ0) is 37.2. The van der Waals surface area contributed by atoms with Crippen LogP contribution < -0.4 is 24.6 Å². The predicted molar refractivity (Wildman–Crippen MR) is 205 cm³/mol. The molecule has 13 nitrogen and oxygen atoms in total. The number of aromatic hydroxyl groups is 2. The van der Waals surface area contributed by atoms with Gasteiger partial charge in [-0.3, -0.25) is 9.80 Å². The van der Waals surface area contributed by atoms with Crippen LogP contribution in [0.1, 0.15) is 12.8 Å². The second-order valence-corrected chi connectivity index (χ2v) is 13.6. The van der Waals surface area contributed by atoms with Crippen molar-refractivity contribution in [1.29, 1.82) is 0 Å². The summed E-state index contributed by atoms with van der Waals surface area (Å²) < 4.78 is 42.7. The summed E-state index contributed by atoms with van der Waals surface area (Å²) in [7, 11) is 2.98. The van der Waals surface area contributed by atoms with Gasteiger partial charge < -0.3 is 47.5 Å². The summed E-state index contributed by atoms with van der Waals surface area (Å²) in [6.45, 7) is 9.22. The lowest BCUT2D eigenvalue weighted by Gasteiger charge is -2.26. The molecule has 0 bridgehead atoms. The van der Waals surface area contributed by atoms with Gasteiger partial charge >= 0.3 is 5.63 Å². The van der Waals surface area contributed by atoms with Gasteiger partial charge in [0.15, 0.2) is 34.5 Å². The van der Waals surface area contributed by atoms with E-state index in [4.69, 9.17) is 32.8 Å². The third-order valence-corrected chi connectivity index (χ3v) is 10.4. The first-order valence-electron chi connectivity index (χ1n) is 18.4. The number of fused-ring (bicyclic) bond motifs is 7. The van der Waals surface area contributed by atoms with Crippen LogP contribution in [0.25, 0.3) is 49.3 Å². The molecule has 3 aromatic carbocycles. The molecule has 2 N–H and O–H groups in total. The first-order valence-corrected chi connectivity index (χ1v) is 18.4. The van der Waals surface area contributed by atoms with Gasteiger partial charge in [0.2, 0.25) is 0 Å². The average molecular weight is 740 g/mol. The van der Waals surface area contributed by atoms with Crippen molar-refractivity contribution in [2.45, 2.75) is 12.8 Å². The van der Waals surface area contributed by atoms with Crippen LogP contribution in [-0.4, -0.2) is 118 Å². The number of ether oxygens (including phenoxy) is 6. The molecule has 2 aliphatic heterocycles. The molecule has 54 heavy (non-hydrogen) atoms. The molecule has 0 unspecified atom stereocenters. The molecule has 2 fully saturated rings. The second kappa shape index (κ2) is 15.6. The third kappa shape index (κ3) is 6.95. The number of methoxy groups -OCH3 is 2. The summed E-state index contributed by atoms with van der Waals surface area (Å²) in [5.74, 6) is 1.58. The Balaban J connectivity index is 1.28. The Bertz CT molecular complexity index is 2360. The predicted octanol–water partition coefficient (Wildman–Crippen LogP) is 5.65. The lowest BCUT2D eigenvalue weighted by molar-refractivity contribution is 0.0353. The Morgan fingerprint density at radius 3 is 1.93 bits per heavy atom. The van der Waals surface area contributed by atoms with Gasteiger partial charge in [-0.25, -0.2) is 4.79 Å². The zero-order valence-electron chi connectivity index (χ0n) is 30.6. The van der Waals surface area contributed by atoms with E-state index in [1.807, 2.05) is 18.2 Å². The molecule has 2 aliphatic rings. The highest BCUT2D eigenvalue weighted by Crippen LogP contribution is 2.46. The Hall–Kier alpha value is -5.21. The number of aromatic nitrogens is 1. The Morgan fingerprint density at radius 2 is 1.30 bits per heavy atom. The van der Waals surface area contributed by atoms with E-state index < -0.39 is 5.63 Å². The minimum absolute atomic E-state index is 0.00745. The van der Waals surface area contributed by atoms with Crippen molar-refractivity contribution < 1.29 is 43.1 Å². The molecule has 8 rings (SSSR count). The third-order valence-electron chi connectivity index (χ3n) is 10.4. The van der Waals surface area contributed by atoms with E-state index in [1.54, 1.807) is 40.9 Å². The summed E-state index contributed by atoms with van der Waals surface area (Å²) >= 11 is 0. The van der Waals surface area contributed by atoms with Gasteiger partial charge in [-0.1, -0.05) is 6.07 Å². The fourth-order valence-electron chi connectivity index (χ4n) is 7.62. The molecule has 0 aliphatic carbocycles. The van der Waals surface area contributed by atoms with E-state index in [1.165, 1.54) is 14.2 Å². The van der Waals surface area contributed by atoms with Crippen LogP contribution in [0.3, 0.4) is 0 Å². The van der Waals surface area contributed by atoms with Gasteiger partial charge in [0.1, 0.15) is 11.1 Å². The Labute approximate surface area is 311 Å². The lowest BCUT2D eigenvalue weighted by Crippen LogP contribution is -2.37. The lowest BCUT2D eigenvalue weighted by atomic mass is 9.98. The highest BCUT2D eigenvalue weighted by atomic mass is 16.5. The fourth-order valence-corrected chi connectivity index (χ4v) is 7.62. The largest absolute Gasteiger partial charge is 0.504 e. The number of phenolic OH excluding ortho intramolecular Hbond substituents is 2. The summed E-state index contributed by atoms with van der Waals surface area (Å²) in [5, 5.41) is 24.4. The Kier molecular flexibility index (Phi) is 10.4. The van der Waals surface area contributed by atoms with Crippen molar-refractivity contribution in [3.05, 3.63) is 65.1 Å². The molecule has 0 atom stereocenters. The van der Waals surface area contributed by atoms with Gasteiger partial charge in [-0.15, -0.1) is 0 Å². The van der Waals surface area contributed by atoms with Crippen molar-refractivity contribution in [2.75, 3.05) is 93.1 Å². The molecule has 3 aromatic heterocycles. The van der Waals surface area contributed by atoms with E-state index in [0.717, 1.165) is 89.3 Å². The summed E-state index contributed by atoms with van der Waals surface area (Å²) in [5.41, 5.74) is 2.10. The van der Waals surface area contributed by atoms with E-state index >= 15 is 0 Å². The number of benzene rings is 3. The van der Waals surface area contributed by atoms with E-state index in [0.29, 0.717) is 69.0 Å². The fraction of sp³-hybridized carbons (Fsp3) is 0.390. The van der Waals surface area contributed by atoms with Crippen molar-refractivity contribution in [3.8, 4) is 45.6 Å². The van der Waals surface area contributed by atoms with Crippen molar-refractivity contribution in [1.82, 2.24) is 14.2 Å². The van der Waals surface area contributed by atoms with E-state index in [2.05, 4.69) is 9.80 Å². The SMILES string of the molecule is COc1ccc(-c2c3c4cc(OCCCN5CCOCC5)c(OCCCN5CCOCC5)cc4oc(=O)c3n3ccc4cc(O)c(OC)cc4c23)cc1O. The number of phenols is 2. The smallest absolute Gasteiger partial charge is 0.361 e. The number of hydrogen-bond donors (Lipinski definition) is 2. The van der Waals surface area contributed by atoms with Crippen LogP contribution in [0, 0.1) is 0 Å². The van der Waals surface area contributed by atoms with Gasteiger partial charge in [-0.05, 0) is 60.2 Å². The summed E-state index contributed by atoms with van der Waals surface area (Å²) in [6.07, 6.45) is 3.40. The molecule has 0 saturated carbocycles. The molecule has 5 heterocycles. The van der Waals surface area contributed by atoms with Crippen LogP contribution in [-0.2, 0) is 9.47 Å². The molecule has 2 saturated heterocycles. The van der Waals surface area contributed by atoms with Crippen LogP contribution in [0.5, 0.6) is 34.5 Å². The molecular formula is C41H45N3O10. The quantitative estimate of drug-likeness (QED) is 0.112. The van der Waals surface area contributed by atoms with Crippen molar-refractivity contribution >= 4 is 38.2 Å². The maximum absolute atomic E-state index is 14.1. The molecule has 0 radical (unpaired) electrons. The number of pyridine rings is 1. The highest BCUT2D eigenvalue weighted by molar-refractivity contribution is 6.22. The number of morpholine rings is 2. The van der Waals surface area contributed by atoms with E-state index in [9.17, 15) is 15.0 Å². The minimum Gasteiger partial charge on any atom is -0.504 e. The highest BCUT2D eigenvalue weighted by Gasteiger charge is 2.25. The zero-order valence-corrected chi connectivity index (χ0v) is 30.6. The van der Waals surface area contributed by atoms with Crippen molar-refractivity contribution in [2.24, 2.45) is 0 Å². The molecule has 284 valence electrons. The van der Waals surface area contributed by atoms with Crippen molar-refractivity contribution in [3.63, 3.8) is 0 Å². The topological polar surface area (TPSA) is 137 Å². The second-order valence-electron chi connectivity index (χ2n) is 13.6. The standard InChI is InChI=1S/C41H45N3O10/c1-48-32-6-5-27(22-30(32)45)37-38-29-24-35(52-15-3-8-42-11-17-50-18-12-42)36(53-16-4-9-43-13-19-51-20-14-43)25-33(29)54-41(47)40(38)44-10-7-26-21-31(46)34(49-2)23-28(26)39(37)44/h5-7,10,21-25,45-46H,3-4,8-9,11-20H2,1-2H3. The molecule has 0 amide bonds. The summed E-state index contributed by atoms with van der Waals surface area (Å²) in [6, 6.07) is 14.0. The van der Waals surface area contributed by atoms with Crippen LogP contribution in [0.4, 0.5) is 0 Å².